The molecule has 9 heteroatoms. The third-order valence-electron chi connectivity index (χ3n) is 7.70. The van der Waals surface area contributed by atoms with Crippen LogP contribution in [0.2, 0.25) is 5.02 Å². The highest BCUT2D eigenvalue weighted by Gasteiger charge is 2.42. The van der Waals surface area contributed by atoms with Crippen molar-refractivity contribution in [2.75, 3.05) is 19.8 Å². The van der Waals surface area contributed by atoms with Crippen LogP contribution in [0.25, 0.3) is 0 Å². The van der Waals surface area contributed by atoms with E-state index in [2.05, 4.69) is 5.32 Å². The average Bonchev–Trinajstić information content (AvgIpc) is 3.48. The van der Waals surface area contributed by atoms with Gasteiger partial charge in [0.2, 0.25) is 0 Å². The summed E-state index contributed by atoms with van der Waals surface area (Å²) in [7, 11) is 0. The van der Waals surface area contributed by atoms with Crippen molar-refractivity contribution in [1.29, 1.82) is 0 Å². The molecule has 2 aromatic carbocycles. The van der Waals surface area contributed by atoms with E-state index in [1.165, 1.54) is 5.57 Å². The fourth-order valence-corrected chi connectivity index (χ4v) is 6.12. The Morgan fingerprint density at radius 3 is 2.55 bits per heavy atom. The number of nitrogens with one attached hydrogen (secondary N) is 1. The average molecular weight is 584 g/mol. The first-order chi connectivity index (χ1) is 19.3. The molecule has 40 heavy (non-hydrogen) atoms. The number of halogens is 2. The van der Waals surface area contributed by atoms with Crippen molar-refractivity contribution in [3.05, 3.63) is 93.3 Å². The number of rotatable bonds is 6. The summed E-state index contributed by atoms with van der Waals surface area (Å²) in [6.45, 7) is 5.46. The van der Waals surface area contributed by atoms with Crippen LogP contribution in [0.15, 0.2) is 82.7 Å². The van der Waals surface area contributed by atoms with Crippen LogP contribution in [0.1, 0.15) is 44.7 Å². The second-order valence-electron chi connectivity index (χ2n) is 10.9. The molecule has 0 aromatic heterocycles. The molecule has 1 saturated heterocycles. The number of allylic oxidation sites excluding steroid dienone is 4. The third kappa shape index (κ3) is 5.75. The second kappa shape index (κ2) is 11.1. The van der Waals surface area contributed by atoms with Crippen molar-refractivity contribution in [3.63, 3.8) is 0 Å². The number of benzene rings is 2. The van der Waals surface area contributed by atoms with E-state index < -0.39 is 11.9 Å². The van der Waals surface area contributed by atoms with E-state index in [1.807, 2.05) is 50.3 Å². The van der Waals surface area contributed by atoms with Crippen LogP contribution >= 0.6 is 23.2 Å². The van der Waals surface area contributed by atoms with E-state index in [-0.39, 0.29) is 18.1 Å². The zero-order chi connectivity index (χ0) is 27.9. The van der Waals surface area contributed by atoms with Crippen molar-refractivity contribution in [3.8, 4) is 11.5 Å². The van der Waals surface area contributed by atoms with E-state index >= 15 is 0 Å². The number of ether oxygens (including phenoxy) is 4. The highest BCUT2D eigenvalue weighted by atomic mass is 35.5. The van der Waals surface area contributed by atoms with Crippen LogP contribution in [-0.2, 0) is 9.47 Å². The molecule has 0 radical (unpaired) electrons. The summed E-state index contributed by atoms with van der Waals surface area (Å²) in [6.07, 6.45) is 5.84. The molecule has 0 bridgehead atoms. The molecular weight excluding hydrogens is 551 g/mol. The third-order valence-corrected chi connectivity index (χ3v) is 8.23. The quantitative estimate of drug-likeness (QED) is 0.392. The van der Waals surface area contributed by atoms with Gasteiger partial charge >= 0.3 is 6.09 Å². The maximum atomic E-state index is 13.5. The van der Waals surface area contributed by atoms with E-state index in [0.29, 0.717) is 30.5 Å². The predicted molar refractivity (Wildman–Crippen MR) is 153 cm³/mol. The molecule has 6 rings (SSSR count). The van der Waals surface area contributed by atoms with Crippen LogP contribution in [0.5, 0.6) is 11.5 Å². The lowest BCUT2D eigenvalue weighted by Gasteiger charge is -2.36. The molecule has 2 aromatic rings. The number of fused-ring (bicyclic) bond motifs is 2. The monoisotopic (exact) mass is 582 g/mol. The Hall–Kier alpha value is -2.97. The van der Waals surface area contributed by atoms with Gasteiger partial charge in [0.1, 0.15) is 17.5 Å². The lowest BCUT2D eigenvalue weighted by atomic mass is 9.85. The fraction of sp³-hybridized carbons (Fsp3) is 0.387. The largest absolute Gasteiger partial charge is 0.493 e. The van der Waals surface area contributed by atoms with Crippen LogP contribution in [-0.4, -0.2) is 42.6 Å². The minimum Gasteiger partial charge on any atom is -0.493 e. The number of hydrogen-bond donors (Lipinski definition) is 1. The van der Waals surface area contributed by atoms with Crippen molar-refractivity contribution in [2.45, 2.75) is 51.0 Å². The Kier molecular flexibility index (Phi) is 7.57. The lowest BCUT2D eigenvalue weighted by molar-refractivity contribution is -0.139. The summed E-state index contributed by atoms with van der Waals surface area (Å²) < 4.78 is 23.3. The molecule has 2 unspecified atom stereocenters. The molecule has 1 fully saturated rings. The first kappa shape index (κ1) is 27.2. The van der Waals surface area contributed by atoms with E-state index in [9.17, 15) is 4.79 Å². The van der Waals surface area contributed by atoms with Crippen LogP contribution < -0.4 is 14.8 Å². The summed E-state index contributed by atoms with van der Waals surface area (Å²) in [4.78, 5) is 15.3. The number of carbonyl (C=O) groups excluding carboxylic acids is 1. The smallest absolute Gasteiger partial charge is 0.416 e. The van der Waals surface area contributed by atoms with Crippen molar-refractivity contribution < 1.29 is 23.7 Å². The number of carbonyl (C=O) groups is 1. The zero-order valence-electron chi connectivity index (χ0n) is 22.5. The maximum absolute atomic E-state index is 13.5. The molecule has 3 aliphatic heterocycles. The molecule has 1 N–H and O–H groups in total. The molecule has 1 amide bonds. The van der Waals surface area contributed by atoms with Gasteiger partial charge in [-0.25, -0.2) is 4.79 Å². The topological polar surface area (TPSA) is 69.3 Å². The standard InChI is InChI=1S/C31H32Cl2N2O5/c1-31(2)38-18-24(40-31)14-16-37-22-8-3-19(4-9-22)29-28-25(26-17-21(33)7-12-27(26)34-28)13-15-35(29)30(36)39-23-10-5-20(32)6-11-23/h3-12,24,26,29,34H,13-18H2,1-2H3/t24-,26?,29?/m0/s1. The van der Waals surface area contributed by atoms with Crippen molar-refractivity contribution in [2.24, 2.45) is 5.92 Å². The van der Waals surface area contributed by atoms with Gasteiger partial charge < -0.3 is 24.3 Å². The van der Waals surface area contributed by atoms with Gasteiger partial charge in [-0.15, -0.1) is 0 Å². The highest BCUT2D eigenvalue weighted by molar-refractivity contribution is 6.30. The van der Waals surface area contributed by atoms with Crippen molar-refractivity contribution >= 4 is 29.3 Å². The summed E-state index contributed by atoms with van der Waals surface area (Å²) in [5.74, 6) is 0.875. The van der Waals surface area contributed by atoms with Gasteiger partial charge in [-0.1, -0.05) is 35.3 Å². The molecule has 0 saturated carbocycles. The van der Waals surface area contributed by atoms with Gasteiger partial charge in [0, 0.05) is 40.3 Å². The molecule has 3 atom stereocenters. The predicted octanol–water partition coefficient (Wildman–Crippen LogP) is 7.09. The fourth-order valence-electron chi connectivity index (χ4n) is 5.78. The van der Waals surface area contributed by atoms with E-state index in [0.717, 1.165) is 47.0 Å². The minimum absolute atomic E-state index is 0.0244. The SMILES string of the molecule is CC1(C)OC[C@H](CCOc2ccc(C3C4=C(CCN3C(=O)Oc3ccc(Cl)cc3)C3CC(Cl)=CC=C3N4)cc2)O1. The highest BCUT2D eigenvalue weighted by Crippen LogP contribution is 2.47. The van der Waals surface area contributed by atoms with Crippen LogP contribution in [0.3, 0.4) is 0 Å². The zero-order valence-corrected chi connectivity index (χ0v) is 24.0. The van der Waals surface area contributed by atoms with Crippen LogP contribution in [0.4, 0.5) is 4.79 Å². The van der Waals surface area contributed by atoms with Gasteiger partial charge in [0.15, 0.2) is 5.79 Å². The number of amides is 1. The number of nitrogens with zero attached hydrogens (tertiary/aromatic N) is 1. The Balaban J connectivity index is 1.21. The molecule has 4 aliphatic rings. The van der Waals surface area contributed by atoms with Gasteiger partial charge in [0.25, 0.3) is 0 Å². The number of hydrogen-bond acceptors (Lipinski definition) is 6. The Morgan fingerprint density at radius 2 is 1.82 bits per heavy atom. The molecule has 7 nitrogen and oxygen atoms in total. The van der Waals surface area contributed by atoms with Gasteiger partial charge in [-0.2, -0.15) is 0 Å². The minimum atomic E-state index is -0.538. The normalized spacial score (nSPS) is 25.0. The van der Waals surface area contributed by atoms with Gasteiger partial charge in [0.05, 0.1) is 19.3 Å². The molecule has 3 heterocycles. The molecule has 1 aliphatic carbocycles. The van der Waals surface area contributed by atoms with Crippen LogP contribution in [0, 0.1) is 5.92 Å². The van der Waals surface area contributed by atoms with E-state index in [4.69, 9.17) is 42.1 Å². The molecule has 210 valence electrons. The Morgan fingerprint density at radius 1 is 1.07 bits per heavy atom. The second-order valence-corrected chi connectivity index (χ2v) is 11.8. The van der Waals surface area contributed by atoms with E-state index in [1.54, 1.807) is 29.2 Å². The lowest BCUT2D eigenvalue weighted by Crippen LogP contribution is -2.42. The first-order valence-electron chi connectivity index (χ1n) is 13.6. The van der Waals surface area contributed by atoms with Crippen molar-refractivity contribution in [1.82, 2.24) is 10.2 Å². The maximum Gasteiger partial charge on any atom is 0.416 e. The van der Waals surface area contributed by atoms with Gasteiger partial charge in [-0.05, 0) is 86.4 Å². The summed E-state index contributed by atoms with van der Waals surface area (Å²) in [5.41, 5.74) is 4.39. The summed E-state index contributed by atoms with van der Waals surface area (Å²) >= 11 is 12.4. The summed E-state index contributed by atoms with van der Waals surface area (Å²) in [5, 5.41) is 5.04. The Labute approximate surface area is 244 Å². The molecular formula is C31H32Cl2N2O5. The first-order valence-corrected chi connectivity index (χ1v) is 14.4. The Bertz CT molecular complexity index is 1370. The molecule has 0 spiro atoms. The van der Waals surface area contributed by atoms with Gasteiger partial charge in [-0.3, -0.25) is 4.90 Å². The summed E-state index contributed by atoms with van der Waals surface area (Å²) in [6, 6.07) is 14.4.